The summed E-state index contributed by atoms with van der Waals surface area (Å²) in [6.07, 6.45) is 3.36. The first-order chi connectivity index (χ1) is 11.0. The van der Waals surface area contributed by atoms with Crippen molar-refractivity contribution in [1.29, 1.82) is 0 Å². The topological polar surface area (TPSA) is 74.6 Å². The molecule has 1 aromatic heterocycles. The van der Waals surface area contributed by atoms with E-state index in [0.717, 1.165) is 18.2 Å². The van der Waals surface area contributed by atoms with Crippen molar-refractivity contribution in [2.24, 2.45) is 0 Å². The van der Waals surface area contributed by atoms with E-state index in [4.69, 9.17) is 4.42 Å². The first-order valence-electron chi connectivity index (χ1n) is 7.93. The summed E-state index contributed by atoms with van der Waals surface area (Å²) in [7, 11) is 0. The van der Waals surface area contributed by atoms with E-state index < -0.39 is 0 Å². The van der Waals surface area contributed by atoms with Crippen molar-refractivity contribution < 1.29 is 9.21 Å². The number of piperidine rings is 1. The van der Waals surface area contributed by atoms with E-state index in [0.29, 0.717) is 23.4 Å². The minimum atomic E-state index is -0.385. The lowest BCUT2D eigenvalue weighted by atomic mass is 10.00. The van der Waals surface area contributed by atoms with Crippen LogP contribution in [0.15, 0.2) is 39.5 Å². The first-order valence-corrected chi connectivity index (χ1v) is 7.93. The molecule has 0 bridgehead atoms. The van der Waals surface area contributed by atoms with Crippen molar-refractivity contribution in [2.75, 3.05) is 5.32 Å². The molecule has 0 aliphatic carbocycles. The average Bonchev–Trinajstić information content (AvgIpc) is 2.51. The Morgan fingerprint density at radius 3 is 2.65 bits per heavy atom. The Morgan fingerprint density at radius 2 is 1.91 bits per heavy atom. The predicted octanol–water partition coefficient (Wildman–Crippen LogP) is 3.09. The molecule has 0 saturated carbocycles. The summed E-state index contributed by atoms with van der Waals surface area (Å²) in [6.45, 7) is 4.24. The highest BCUT2D eigenvalue weighted by Gasteiger charge is 2.26. The molecule has 2 heterocycles. The van der Waals surface area contributed by atoms with Crippen molar-refractivity contribution in [3.63, 3.8) is 0 Å². The quantitative estimate of drug-likeness (QED) is 0.835. The highest BCUT2D eigenvalue weighted by atomic mass is 16.4. The lowest BCUT2D eigenvalue weighted by Crippen LogP contribution is -2.55. The summed E-state index contributed by atoms with van der Waals surface area (Å²) in [5, 5.41) is 5.60. The van der Waals surface area contributed by atoms with Crippen LogP contribution < -0.4 is 16.4 Å². The molecule has 0 spiro atoms. The average molecular weight is 315 g/mol. The number of nitrogens with zero attached hydrogens (tertiary/aromatic N) is 1. The Hall–Kier alpha value is -2.34. The number of carbonyl (C=O) groups is 1. The minimum Gasteiger partial charge on any atom is -0.423 e. The standard InChI is InChI=1S/C17H21N3O3/c1-11-4-3-5-12(2)20(11)19-17(22)18-14-7-8-15-13(10-14)6-9-16(21)23-15/h6-12H,3-5H2,1-2H3,(H2,18,19,22). The third kappa shape index (κ3) is 3.53. The molecule has 0 radical (unpaired) electrons. The summed E-state index contributed by atoms with van der Waals surface area (Å²) in [5.74, 6) is 0. The summed E-state index contributed by atoms with van der Waals surface area (Å²) < 4.78 is 5.08. The van der Waals surface area contributed by atoms with E-state index >= 15 is 0 Å². The van der Waals surface area contributed by atoms with Gasteiger partial charge in [-0.15, -0.1) is 0 Å². The number of nitrogens with one attached hydrogen (secondary N) is 2. The maximum absolute atomic E-state index is 12.2. The van der Waals surface area contributed by atoms with Crippen LogP contribution >= 0.6 is 0 Å². The molecular formula is C17H21N3O3. The highest BCUT2D eigenvalue weighted by Crippen LogP contribution is 2.21. The molecule has 6 nitrogen and oxygen atoms in total. The van der Waals surface area contributed by atoms with Crippen molar-refractivity contribution in [1.82, 2.24) is 10.4 Å². The highest BCUT2D eigenvalue weighted by molar-refractivity contribution is 5.91. The Labute approximate surface area is 134 Å². The van der Waals surface area contributed by atoms with Gasteiger partial charge in [-0.05, 0) is 51.0 Å². The zero-order chi connectivity index (χ0) is 16.4. The fourth-order valence-electron chi connectivity index (χ4n) is 3.07. The Kier molecular flexibility index (Phi) is 4.34. The lowest BCUT2D eigenvalue weighted by Gasteiger charge is -2.38. The SMILES string of the molecule is CC1CCCC(C)N1NC(=O)Nc1ccc2oc(=O)ccc2c1. The molecule has 2 aromatic rings. The fourth-order valence-corrected chi connectivity index (χ4v) is 3.07. The van der Waals surface area contributed by atoms with Crippen LogP contribution in [0, 0.1) is 0 Å². The van der Waals surface area contributed by atoms with Crippen LogP contribution in [0.2, 0.25) is 0 Å². The Morgan fingerprint density at radius 1 is 1.17 bits per heavy atom. The molecule has 23 heavy (non-hydrogen) atoms. The van der Waals surface area contributed by atoms with Crippen molar-refractivity contribution in [2.45, 2.75) is 45.2 Å². The predicted molar refractivity (Wildman–Crippen MR) is 89.3 cm³/mol. The van der Waals surface area contributed by atoms with Crippen LogP contribution in [0.4, 0.5) is 10.5 Å². The van der Waals surface area contributed by atoms with Crippen LogP contribution in [-0.4, -0.2) is 23.1 Å². The minimum absolute atomic E-state index is 0.262. The maximum Gasteiger partial charge on any atom is 0.336 e. The molecule has 2 atom stereocenters. The number of benzene rings is 1. The zero-order valence-corrected chi connectivity index (χ0v) is 13.3. The molecule has 122 valence electrons. The van der Waals surface area contributed by atoms with Crippen LogP contribution in [0.5, 0.6) is 0 Å². The van der Waals surface area contributed by atoms with E-state index in [2.05, 4.69) is 24.6 Å². The summed E-state index contributed by atoms with van der Waals surface area (Å²) >= 11 is 0. The molecule has 6 heteroatoms. The molecule has 2 N–H and O–H groups in total. The number of hydrazine groups is 1. The number of rotatable bonds is 2. The number of anilines is 1. The molecule has 1 aromatic carbocycles. The van der Waals surface area contributed by atoms with E-state index in [1.54, 1.807) is 24.3 Å². The van der Waals surface area contributed by atoms with Gasteiger partial charge in [0.15, 0.2) is 0 Å². The van der Waals surface area contributed by atoms with Crippen molar-refractivity contribution in [3.8, 4) is 0 Å². The third-order valence-electron chi connectivity index (χ3n) is 4.30. The van der Waals surface area contributed by atoms with Gasteiger partial charge in [-0.2, -0.15) is 0 Å². The van der Waals surface area contributed by atoms with Gasteiger partial charge in [0.25, 0.3) is 0 Å². The number of fused-ring (bicyclic) bond motifs is 1. The van der Waals surface area contributed by atoms with Crippen LogP contribution in [0.3, 0.4) is 0 Å². The second kappa shape index (κ2) is 6.42. The monoisotopic (exact) mass is 315 g/mol. The summed E-state index contributed by atoms with van der Waals surface area (Å²) in [6, 6.07) is 8.61. The van der Waals surface area contributed by atoms with Crippen molar-refractivity contribution in [3.05, 3.63) is 40.8 Å². The molecule has 1 saturated heterocycles. The maximum atomic E-state index is 12.2. The van der Waals surface area contributed by atoms with Gasteiger partial charge in [-0.1, -0.05) is 6.42 Å². The number of urea groups is 1. The molecular weight excluding hydrogens is 294 g/mol. The molecule has 3 rings (SSSR count). The fraction of sp³-hybridized carbons (Fsp3) is 0.412. The molecule has 1 aliphatic rings. The third-order valence-corrected chi connectivity index (χ3v) is 4.30. The smallest absolute Gasteiger partial charge is 0.336 e. The first kappa shape index (κ1) is 15.6. The van der Waals surface area contributed by atoms with E-state index in [1.165, 1.54) is 12.5 Å². The molecule has 2 amide bonds. The van der Waals surface area contributed by atoms with Crippen molar-refractivity contribution >= 4 is 22.7 Å². The van der Waals surface area contributed by atoms with Gasteiger partial charge in [0.05, 0.1) is 0 Å². The van der Waals surface area contributed by atoms with E-state index in [1.807, 2.05) is 5.01 Å². The van der Waals surface area contributed by atoms with Gasteiger partial charge < -0.3 is 9.73 Å². The molecule has 2 unspecified atom stereocenters. The van der Waals surface area contributed by atoms with Gasteiger partial charge in [-0.3, -0.25) is 5.43 Å². The second-order valence-electron chi connectivity index (χ2n) is 6.11. The van der Waals surface area contributed by atoms with Gasteiger partial charge in [0.2, 0.25) is 0 Å². The normalized spacial score (nSPS) is 22.0. The van der Waals surface area contributed by atoms with Crippen LogP contribution in [-0.2, 0) is 0 Å². The number of hydrogen-bond donors (Lipinski definition) is 2. The number of hydrogen-bond acceptors (Lipinski definition) is 4. The summed E-state index contributed by atoms with van der Waals surface area (Å²) in [5.41, 5.74) is 3.70. The Balaban J connectivity index is 1.70. The van der Waals surface area contributed by atoms with E-state index in [-0.39, 0.29) is 11.7 Å². The van der Waals surface area contributed by atoms with Gasteiger partial charge in [0.1, 0.15) is 5.58 Å². The zero-order valence-electron chi connectivity index (χ0n) is 13.3. The summed E-state index contributed by atoms with van der Waals surface area (Å²) in [4.78, 5) is 23.4. The lowest BCUT2D eigenvalue weighted by molar-refractivity contribution is 0.0625. The Bertz CT molecular complexity index is 761. The number of carbonyl (C=O) groups excluding carboxylic acids is 1. The number of amides is 2. The van der Waals surface area contributed by atoms with Gasteiger partial charge in [0, 0.05) is 29.2 Å². The van der Waals surface area contributed by atoms with Gasteiger partial charge in [-0.25, -0.2) is 14.6 Å². The van der Waals surface area contributed by atoms with E-state index in [9.17, 15) is 9.59 Å². The van der Waals surface area contributed by atoms with Crippen LogP contribution in [0.25, 0.3) is 11.0 Å². The van der Waals surface area contributed by atoms with Crippen LogP contribution in [0.1, 0.15) is 33.1 Å². The largest absolute Gasteiger partial charge is 0.423 e. The second-order valence-corrected chi connectivity index (χ2v) is 6.11. The molecule has 1 aliphatic heterocycles. The van der Waals surface area contributed by atoms with Gasteiger partial charge >= 0.3 is 11.7 Å². The molecule has 1 fully saturated rings.